The second-order valence-electron chi connectivity index (χ2n) is 7.18. The number of nitrogens with one attached hydrogen (secondary N) is 2. The summed E-state index contributed by atoms with van der Waals surface area (Å²) in [6, 6.07) is 16.4. The molecule has 0 aliphatic heterocycles. The van der Waals surface area contributed by atoms with E-state index in [2.05, 4.69) is 10.6 Å². The maximum absolute atomic E-state index is 13.0. The Kier molecular flexibility index (Phi) is 5.50. The highest BCUT2D eigenvalue weighted by molar-refractivity contribution is 7.92. The van der Waals surface area contributed by atoms with Crippen LogP contribution in [0, 0.1) is 0 Å². The Labute approximate surface area is 175 Å². The van der Waals surface area contributed by atoms with Crippen LogP contribution in [-0.4, -0.2) is 21.5 Å². The Morgan fingerprint density at radius 3 is 2.70 bits per heavy atom. The zero-order valence-electron chi connectivity index (χ0n) is 16.5. The number of aryl methyl sites for hydroxylation is 1. The quantitative estimate of drug-likeness (QED) is 0.637. The standard InChI is InChI=1S/C22H23N3O4S/c1-25(17-8-3-2-4-9-17)30(27,28)18-10-5-7-16(15-18)23-22(26)24-20-11-6-12-21-19(20)13-14-29-21/h2-5,7-10,13-15,20H,6,11-12H2,1H3,(H2,23,24,26). The van der Waals surface area contributed by atoms with E-state index in [9.17, 15) is 13.2 Å². The molecule has 2 amide bonds. The molecule has 4 rings (SSSR count). The van der Waals surface area contributed by atoms with Crippen LogP contribution < -0.4 is 14.9 Å². The minimum absolute atomic E-state index is 0.0986. The molecule has 0 saturated carbocycles. The number of benzene rings is 2. The van der Waals surface area contributed by atoms with Crippen molar-refractivity contribution < 1.29 is 17.6 Å². The van der Waals surface area contributed by atoms with Crippen molar-refractivity contribution in [2.24, 2.45) is 0 Å². The van der Waals surface area contributed by atoms with Gasteiger partial charge in [0.2, 0.25) is 0 Å². The van der Waals surface area contributed by atoms with Crippen LogP contribution in [0.3, 0.4) is 0 Å². The summed E-state index contributed by atoms with van der Waals surface area (Å²) in [7, 11) is -2.26. The van der Waals surface area contributed by atoms with Crippen molar-refractivity contribution in [3.8, 4) is 0 Å². The van der Waals surface area contributed by atoms with Crippen LogP contribution in [0.15, 0.2) is 76.2 Å². The van der Waals surface area contributed by atoms with Crippen molar-refractivity contribution in [3.05, 3.63) is 78.3 Å². The summed E-state index contributed by atoms with van der Waals surface area (Å²) in [6.45, 7) is 0. The van der Waals surface area contributed by atoms with Gasteiger partial charge in [-0.3, -0.25) is 4.31 Å². The number of furan rings is 1. The normalized spacial score (nSPS) is 15.8. The van der Waals surface area contributed by atoms with Gasteiger partial charge in [0.25, 0.3) is 10.0 Å². The maximum atomic E-state index is 13.0. The first kappa shape index (κ1) is 20.0. The van der Waals surface area contributed by atoms with E-state index in [0.29, 0.717) is 11.4 Å². The number of carbonyl (C=O) groups excluding carboxylic acids is 1. The molecule has 0 saturated heterocycles. The molecule has 1 aliphatic carbocycles. The molecule has 156 valence electrons. The molecule has 7 nitrogen and oxygen atoms in total. The first-order valence-corrected chi connectivity index (χ1v) is 11.2. The average molecular weight is 426 g/mol. The fourth-order valence-electron chi connectivity index (χ4n) is 3.63. The van der Waals surface area contributed by atoms with Gasteiger partial charge in [0.1, 0.15) is 5.76 Å². The summed E-state index contributed by atoms with van der Waals surface area (Å²) in [5, 5.41) is 5.69. The van der Waals surface area contributed by atoms with E-state index < -0.39 is 10.0 Å². The summed E-state index contributed by atoms with van der Waals surface area (Å²) >= 11 is 0. The lowest BCUT2D eigenvalue weighted by Gasteiger charge is -2.23. The molecule has 2 N–H and O–H groups in total. The molecule has 1 aliphatic rings. The lowest BCUT2D eigenvalue weighted by atomic mass is 9.93. The highest BCUT2D eigenvalue weighted by Crippen LogP contribution is 2.30. The Morgan fingerprint density at radius 1 is 1.10 bits per heavy atom. The van der Waals surface area contributed by atoms with Crippen LogP contribution in [0.2, 0.25) is 0 Å². The molecule has 0 bridgehead atoms. The van der Waals surface area contributed by atoms with Gasteiger partial charge in [0, 0.05) is 24.7 Å². The van der Waals surface area contributed by atoms with Crippen molar-refractivity contribution in [1.29, 1.82) is 0 Å². The zero-order valence-corrected chi connectivity index (χ0v) is 17.4. The summed E-state index contributed by atoms with van der Waals surface area (Å²) in [6.07, 6.45) is 4.28. The van der Waals surface area contributed by atoms with Gasteiger partial charge < -0.3 is 15.1 Å². The molecule has 0 fully saturated rings. The van der Waals surface area contributed by atoms with E-state index in [4.69, 9.17) is 4.42 Å². The van der Waals surface area contributed by atoms with Crippen molar-refractivity contribution in [3.63, 3.8) is 0 Å². The lowest BCUT2D eigenvalue weighted by Crippen LogP contribution is -2.34. The van der Waals surface area contributed by atoms with Gasteiger partial charge >= 0.3 is 6.03 Å². The molecule has 1 aromatic heterocycles. The predicted molar refractivity (Wildman–Crippen MR) is 115 cm³/mol. The number of carbonyl (C=O) groups is 1. The molecular formula is C22H23N3O4S. The first-order chi connectivity index (χ1) is 14.4. The fraction of sp³-hybridized carbons (Fsp3) is 0.227. The van der Waals surface area contributed by atoms with Gasteiger partial charge in [-0.25, -0.2) is 13.2 Å². The number of urea groups is 1. The van der Waals surface area contributed by atoms with Crippen LogP contribution in [0.5, 0.6) is 0 Å². The number of sulfonamides is 1. The van der Waals surface area contributed by atoms with Crippen molar-refractivity contribution >= 4 is 27.4 Å². The van der Waals surface area contributed by atoms with Gasteiger partial charge in [-0.1, -0.05) is 24.3 Å². The first-order valence-electron chi connectivity index (χ1n) is 9.73. The van der Waals surface area contributed by atoms with Crippen molar-refractivity contribution in [1.82, 2.24) is 5.32 Å². The Balaban J connectivity index is 1.48. The molecule has 1 heterocycles. The second-order valence-corrected chi connectivity index (χ2v) is 9.15. The van der Waals surface area contributed by atoms with Crippen LogP contribution in [0.25, 0.3) is 0 Å². The van der Waals surface area contributed by atoms with E-state index in [-0.39, 0.29) is 17.0 Å². The number of para-hydroxylation sites is 1. The van der Waals surface area contributed by atoms with Gasteiger partial charge in [-0.2, -0.15) is 0 Å². The number of fused-ring (bicyclic) bond motifs is 1. The molecule has 0 radical (unpaired) electrons. The second kappa shape index (κ2) is 8.23. The van der Waals surface area contributed by atoms with Gasteiger partial charge in [0.05, 0.1) is 22.9 Å². The highest BCUT2D eigenvalue weighted by atomic mass is 32.2. The largest absolute Gasteiger partial charge is 0.469 e. The molecule has 30 heavy (non-hydrogen) atoms. The van der Waals surface area contributed by atoms with E-state index >= 15 is 0 Å². The number of hydrogen-bond acceptors (Lipinski definition) is 4. The van der Waals surface area contributed by atoms with Gasteiger partial charge in [0.15, 0.2) is 0 Å². The Bertz CT molecular complexity index is 1140. The van der Waals surface area contributed by atoms with E-state index in [0.717, 1.165) is 30.6 Å². The molecular weight excluding hydrogens is 402 g/mol. The summed E-state index contributed by atoms with van der Waals surface area (Å²) in [4.78, 5) is 12.6. The summed E-state index contributed by atoms with van der Waals surface area (Å²) in [5.74, 6) is 0.906. The van der Waals surface area contributed by atoms with Gasteiger partial charge in [-0.05, 0) is 49.2 Å². The topological polar surface area (TPSA) is 91.7 Å². The van der Waals surface area contributed by atoms with Crippen LogP contribution >= 0.6 is 0 Å². The molecule has 1 atom stereocenters. The smallest absolute Gasteiger partial charge is 0.319 e. The number of hydrogen-bond donors (Lipinski definition) is 2. The average Bonchev–Trinajstić information content (AvgIpc) is 3.24. The Morgan fingerprint density at radius 2 is 1.90 bits per heavy atom. The van der Waals surface area contributed by atoms with Crippen LogP contribution in [-0.2, 0) is 16.4 Å². The summed E-state index contributed by atoms with van der Waals surface area (Å²) in [5.41, 5.74) is 1.96. The zero-order chi connectivity index (χ0) is 21.1. The number of amides is 2. The monoisotopic (exact) mass is 425 g/mol. The molecule has 3 aromatic rings. The summed E-state index contributed by atoms with van der Waals surface area (Å²) < 4.78 is 32.6. The number of nitrogens with zero attached hydrogens (tertiary/aromatic N) is 1. The fourth-order valence-corrected chi connectivity index (χ4v) is 4.87. The van der Waals surface area contributed by atoms with Crippen LogP contribution in [0.1, 0.15) is 30.2 Å². The van der Waals surface area contributed by atoms with E-state index in [1.807, 2.05) is 12.1 Å². The molecule has 1 unspecified atom stereocenters. The number of rotatable bonds is 5. The third-order valence-electron chi connectivity index (χ3n) is 5.23. The van der Waals surface area contributed by atoms with Crippen LogP contribution in [0.4, 0.5) is 16.2 Å². The Hall–Kier alpha value is -3.26. The van der Waals surface area contributed by atoms with E-state index in [1.54, 1.807) is 42.7 Å². The van der Waals surface area contributed by atoms with E-state index in [1.165, 1.54) is 23.5 Å². The number of anilines is 2. The minimum atomic E-state index is -3.76. The molecule has 0 spiro atoms. The highest BCUT2D eigenvalue weighted by Gasteiger charge is 2.25. The molecule has 2 aromatic carbocycles. The third-order valence-corrected chi connectivity index (χ3v) is 7.01. The predicted octanol–water partition coefficient (Wildman–Crippen LogP) is 4.30. The SMILES string of the molecule is CN(c1ccccc1)S(=O)(=O)c1cccc(NC(=O)NC2CCCc3occc32)c1. The maximum Gasteiger partial charge on any atom is 0.319 e. The lowest BCUT2D eigenvalue weighted by molar-refractivity contribution is 0.246. The molecule has 8 heteroatoms. The van der Waals surface area contributed by atoms with Gasteiger partial charge in [-0.15, -0.1) is 0 Å². The minimum Gasteiger partial charge on any atom is -0.469 e. The third kappa shape index (κ3) is 4.04. The van der Waals surface area contributed by atoms with Crippen molar-refractivity contribution in [2.45, 2.75) is 30.2 Å². The van der Waals surface area contributed by atoms with Crippen molar-refractivity contribution in [2.75, 3.05) is 16.7 Å².